The number of thiazole rings is 1. The minimum absolute atomic E-state index is 0.506. The highest BCUT2D eigenvalue weighted by molar-refractivity contribution is 7.18. The lowest BCUT2D eigenvalue weighted by Crippen LogP contribution is -1.97. The van der Waals surface area contributed by atoms with E-state index in [2.05, 4.69) is 31.8 Å². The van der Waals surface area contributed by atoms with Crippen LogP contribution in [0.4, 0.5) is 0 Å². The van der Waals surface area contributed by atoms with Crippen LogP contribution in [0.2, 0.25) is 0 Å². The molecule has 0 amide bonds. The third kappa shape index (κ3) is 3.99. The number of carbonyl (C=O) groups excluding carboxylic acids is 1. The fourth-order valence-electron chi connectivity index (χ4n) is 3.30. The van der Waals surface area contributed by atoms with Gasteiger partial charge in [0.2, 0.25) is 0 Å². The van der Waals surface area contributed by atoms with Crippen LogP contribution < -0.4 is 0 Å². The summed E-state index contributed by atoms with van der Waals surface area (Å²) in [5.41, 5.74) is 5.60. The Bertz CT molecular complexity index is 1010. The van der Waals surface area contributed by atoms with Crippen molar-refractivity contribution in [2.45, 2.75) is 33.6 Å². The Morgan fingerprint density at radius 1 is 1.26 bits per heavy atom. The van der Waals surface area contributed by atoms with Crippen molar-refractivity contribution in [3.63, 3.8) is 0 Å². The van der Waals surface area contributed by atoms with Crippen LogP contribution in [0.5, 0.6) is 0 Å². The van der Waals surface area contributed by atoms with Crippen molar-refractivity contribution in [2.75, 3.05) is 0 Å². The van der Waals surface area contributed by atoms with E-state index in [9.17, 15) is 10.1 Å². The molecular weight excluding hydrogens is 352 g/mol. The largest absolute Gasteiger partial charge is 0.298 e. The van der Waals surface area contributed by atoms with Crippen molar-refractivity contribution in [3.8, 4) is 27.1 Å². The van der Waals surface area contributed by atoms with E-state index in [1.807, 2.05) is 42.6 Å². The summed E-state index contributed by atoms with van der Waals surface area (Å²) in [6.07, 6.45) is 4.46. The lowest BCUT2D eigenvalue weighted by atomic mass is 9.97. The summed E-state index contributed by atoms with van der Waals surface area (Å²) in [6, 6.07) is 14.1. The molecule has 0 bridgehead atoms. The highest BCUT2D eigenvalue weighted by Crippen LogP contribution is 2.35. The Balaban J connectivity index is 2.00. The van der Waals surface area contributed by atoms with Gasteiger partial charge in [-0.05, 0) is 41.5 Å². The molecule has 0 N–H and O–H groups in total. The fraction of sp³-hybridized carbons (Fsp3) is 0.261. The Morgan fingerprint density at radius 2 is 2.07 bits per heavy atom. The fourth-order valence-corrected chi connectivity index (χ4v) is 4.27. The molecule has 1 heterocycles. The standard InChI is InChI=1S/C23H22N2OS/c1-4-20-18(14-26)6-5-7-21(20)22-13-25-23(27-22)17-9-8-16(10-15(2)3)19(11-17)12-24/h5-9,11,13-15H,4,10H2,1-3H3. The highest BCUT2D eigenvalue weighted by Gasteiger charge is 2.13. The van der Waals surface area contributed by atoms with E-state index in [-0.39, 0.29) is 0 Å². The summed E-state index contributed by atoms with van der Waals surface area (Å²) < 4.78 is 0. The SMILES string of the molecule is CCc1c(C=O)cccc1-c1cnc(-c2ccc(CC(C)C)c(C#N)c2)s1. The van der Waals surface area contributed by atoms with Crippen molar-refractivity contribution in [1.82, 2.24) is 4.98 Å². The molecular formula is C23H22N2OS. The lowest BCUT2D eigenvalue weighted by molar-refractivity contribution is 0.112. The topological polar surface area (TPSA) is 53.8 Å². The van der Waals surface area contributed by atoms with Crippen LogP contribution in [0.15, 0.2) is 42.6 Å². The first-order valence-electron chi connectivity index (χ1n) is 9.14. The second-order valence-corrected chi connectivity index (χ2v) is 7.99. The normalized spacial score (nSPS) is 10.8. The van der Waals surface area contributed by atoms with Crippen molar-refractivity contribution < 1.29 is 4.79 Å². The molecule has 4 heteroatoms. The molecule has 0 radical (unpaired) electrons. The van der Waals surface area contributed by atoms with Gasteiger partial charge in [-0.15, -0.1) is 11.3 Å². The molecule has 2 aromatic carbocycles. The molecule has 0 aliphatic rings. The van der Waals surface area contributed by atoms with Gasteiger partial charge in [-0.3, -0.25) is 4.79 Å². The molecule has 1 aromatic heterocycles. The van der Waals surface area contributed by atoms with Gasteiger partial charge in [0.15, 0.2) is 0 Å². The van der Waals surface area contributed by atoms with Gasteiger partial charge in [0.25, 0.3) is 0 Å². The molecule has 3 rings (SSSR count). The maximum absolute atomic E-state index is 11.3. The minimum Gasteiger partial charge on any atom is -0.298 e. The first kappa shape index (κ1) is 19.0. The Labute approximate surface area is 164 Å². The zero-order valence-electron chi connectivity index (χ0n) is 15.8. The summed E-state index contributed by atoms with van der Waals surface area (Å²) in [7, 11) is 0. The number of nitriles is 1. The summed E-state index contributed by atoms with van der Waals surface area (Å²) in [4.78, 5) is 17.0. The summed E-state index contributed by atoms with van der Waals surface area (Å²) in [5.74, 6) is 0.506. The predicted octanol–water partition coefficient (Wildman–Crippen LogP) is 5.92. The van der Waals surface area contributed by atoms with Gasteiger partial charge in [0.05, 0.1) is 16.5 Å². The molecule has 0 saturated carbocycles. The predicted molar refractivity (Wildman–Crippen MR) is 111 cm³/mol. The van der Waals surface area contributed by atoms with E-state index in [0.717, 1.165) is 62.4 Å². The van der Waals surface area contributed by atoms with Crippen molar-refractivity contribution in [2.24, 2.45) is 5.92 Å². The number of hydrogen-bond acceptors (Lipinski definition) is 4. The van der Waals surface area contributed by atoms with E-state index < -0.39 is 0 Å². The summed E-state index contributed by atoms with van der Waals surface area (Å²) in [5, 5.41) is 10.4. The third-order valence-electron chi connectivity index (χ3n) is 4.57. The highest BCUT2D eigenvalue weighted by atomic mass is 32.1. The van der Waals surface area contributed by atoms with Crippen LogP contribution in [-0.2, 0) is 12.8 Å². The van der Waals surface area contributed by atoms with Gasteiger partial charge in [0, 0.05) is 17.3 Å². The summed E-state index contributed by atoms with van der Waals surface area (Å²) >= 11 is 1.59. The van der Waals surface area contributed by atoms with Crippen LogP contribution >= 0.6 is 11.3 Å². The maximum Gasteiger partial charge on any atom is 0.150 e. The van der Waals surface area contributed by atoms with Gasteiger partial charge in [0.1, 0.15) is 11.3 Å². The van der Waals surface area contributed by atoms with E-state index in [0.29, 0.717) is 5.92 Å². The van der Waals surface area contributed by atoms with E-state index in [1.54, 1.807) is 11.3 Å². The molecule has 3 nitrogen and oxygen atoms in total. The van der Waals surface area contributed by atoms with Crippen molar-refractivity contribution in [1.29, 1.82) is 5.26 Å². The average molecular weight is 375 g/mol. The monoisotopic (exact) mass is 374 g/mol. The molecule has 27 heavy (non-hydrogen) atoms. The van der Waals surface area contributed by atoms with Crippen molar-refractivity contribution >= 4 is 17.6 Å². The zero-order valence-corrected chi connectivity index (χ0v) is 16.6. The number of aromatic nitrogens is 1. The number of nitrogens with zero attached hydrogens (tertiary/aromatic N) is 2. The zero-order chi connectivity index (χ0) is 19.4. The minimum atomic E-state index is 0.506. The van der Waals surface area contributed by atoms with Gasteiger partial charge >= 0.3 is 0 Å². The van der Waals surface area contributed by atoms with E-state index >= 15 is 0 Å². The molecule has 3 aromatic rings. The van der Waals surface area contributed by atoms with Gasteiger partial charge in [-0.25, -0.2) is 4.98 Å². The van der Waals surface area contributed by atoms with Crippen LogP contribution in [-0.4, -0.2) is 11.3 Å². The van der Waals surface area contributed by atoms with Crippen LogP contribution in [0, 0.1) is 17.2 Å². The summed E-state index contributed by atoms with van der Waals surface area (Å²) in [6.45, 7) is 6.36. The van der Waals surface area contributed by atoms with E-state index in [4.69, 9.17) is 0 Å². The number of rotatable bonds is 6. The number of hydrogen-bond donors (Lipinski definition) is 0. The van der Waals surface area contributed by atoms with E-state index in [1.165, 1.54) is 0 Å². The number of aldehydes is 1. The Kier molecular flexibility index (Phi) is 5.83. The van der Waals surface area contributed by atoms with Crippen LogP contribution in [0.1, 0.15) is 47.8 Å². The van der Waals surface area contributed by atoms with Gasteiger partial charge in [-0.1, -0.05) is 51.1 Å². The molecule has 0 aliphatic carbocycles. The Morgan fingerprint density at radius 3 is 2.74 bits per heavy atom. The van der Waals surface area contributed by atoms with Crippen LogP contribution in [0.3, 0.4) is 0 Å². The first-order valence-corrected chi connectivity index (χ1v) is 9.95. The maximum atomic E-state index is 11.3. The first-order chi connectivity index (χ1) is 13.1. The van der Waals surface area contributed by atoms with Gasteiger partial charge in [-0.2, -0.15) is 5.26 Å². The second-order valence-electron chi connectivity index (χ2n) is 6.96. The average Bonchev–Trinajstić information content (AvgIpc) is 3.17. The third-order valence-corrected chi connectivity index (χ3v) is 5.65. The van der Waals surface area contributed by atoms with Crippen LogP contribution in [0.25, 0.3) is 21.0 Å². The van der Waals surface area contributed by atoms with Gasteiger partial charge < -0.3 is 0 Å². The molecule has 0 fully saturated rings. The molecule has 0 unspecified atom stereocenters. The quantitative estimate of drug-likeness (QED) is 0.503. The Hall–Kier alpha value is -2.77. The molecule has 0 aliphatic heterocycles. The molecule has 0 saturated heterocycles. The second kappa shape index (κ2) is 8.28. The number of carbonyl (C=O) groups is 1. The number of benzene rings is 2. The molecule has 0 spiro atoms. The smallest absolute Gasteiger partial charge is 0.150 e. The molecule has 136 valence electrons. The van der Waals surface area contributed by atoms with Crippen molar-refractivity contribution in [3.05, 3.63) is 64.8 Å². The molecule has 0 atom stereocenters. The lowest BCUT2D eigenvalue weighted by Gasteiger charge is -2.08.